The van der Waals surface area contributed by atoms with Crippen molar-refractivity contribution in [3.8, 4) is 0 Å². The van der Waals surface area contributed by atoms with Crippen LogP contribution >= 0.6 is 27.5 Å². The summed E-state index contributed by atoms with van der Waals surface area (Å²) in [6, 6.07) is 6.25. The standard InChI is InChI=1S/C15H19BrClNO/c1-11-5-2-8-13(14(11)16)15(19)18(10-4-9-17)12-6-3-7-12/h2,5,8,12H,3-4,6-7,9-10H2,1H3. The summed E-state index contributed by atoms with van der Waals surface area (Å²) in [4.78, 5) is 14.7. The number of amides is 1. The molecule has 0 unspecified atom stereocenters. The van der Waals surface area contributed by atoms with Crippen LogP contribution in [0.15, 0.2) is 22.7 Å². The van der Waals surface area contributed by atoms with E-state index in [0.29, 0.717) is 11.9 Å². The molecular weight excluding hydrogens is 326 g/mol. The second kappa shape index (κ2) is 6.76. The number of hydrogen-bond acceptors (Lipinski definition) is 1. The van der Waals surface area contributed by atoms with Crippen LogP contribution in [0.3, 0.4) is 0 Å². The molecule has 2 nitrogen and oxygen atoms in total. The molecule has 0 N–H and O–H groups in total. The van der Waals surface area contributed by atoms with E-state index in [1.807, 2.05) is 30.0 Å². The predicted octanol–water partition coefficient (Wildman–Crippen LogP) is 4.38. The highest BCUT2D eigenvalue weighted by atomic mass is 79.9. The third-order valence-electron chi connectivity index (χ3n) is 3.73. The van der Waals surface area contributed by atoms with Crippen molar-refractivity contribution in [3.05, 3.63) is 33.8 Å². The first kappa shape index (κ1) is 14.9. The molecule has 1 aliphatic rings. The summed E-state index contributed by atoms with van der Waals surface area (Å²) in [6.45, 7) is 2.76. The van der Waals surface area contributed by atoms with E-state index in [1.165, 1.54) is 6.42 Å². The Morgan fingerprint density at radius 2 is 2.21 bits per heavy atom. The number of nitrogens with zero attached hydrogens (tertiary/aromatic N) is 1. The van der Waals surface area contributed by atoms with Gasteiger partial charge in [-0.3, -0.25) is 4.79 Å². The van der Waals surface area contributed by atoms with Gasteiger partial charge < -0.3 is 4.90 Å². The number of alkyl halides is 1. The maximum absolute atomic E-state index is 12.7. The summed E-state index contributed by atoms with van der Waals surface area (Å²) in [6.07, 6.45) is 4.33. The lowest BCUT2D eigenvalue weighted by molar-refractivity contribution is 0.0579. The second-order valence-electron chi connectivity index (χ2n) is 5.06. The Morgan fingerprint density at radius 3 is 2.79 bits per heavy atom. The average Bonchev–Trinajstić information content (AvgIpc) is 2.34. The zero-order valence-corrected chi connectivity index (χ0v) is 13.5. The monoisotopic (exact) mass is 343 g/mol. The Labute approximate surface area is 128 Å². The summed E-state index contributed by atoms with van der Waals surface area (Å²) in [7, 11) is 0. The fourth-order valence-corrected chi connectivity index (χ4v) is 2.90. The summed E-state index contributed by atoms with van der Waals surface area (Å²) in [5.41, 5.74) is 1.86. The van der Waals surface area contributed by atoms with Gasteiger partial charge in [0.15, 0.2) is 0 Å². The molecule has 0 spiro atoms. The Hall–Kier alpha value is -0.540. The van der Waals surface area contributed by atoms with Crippen LogP contribution in [-0.2, 0) is 0 Å². The zero-order valence-electron chi connectivity index (χ0n) is 11.2. The largest absolute Gasteiger partial charge is 0.336 e. The van der Waals surface area contributed by atoms with Gasteiger partial charge in [-0.25, -0.2) is 0 Å². The van der Waals surface area contributed by atoms with Gasteiger partial charge in [0.25, 0.3) is 5.91 Å². The topological polar surface area (TPSA) is 20.3 Å². The number of carbonyl (C=O) groups excluding carboxylic acids is 1. The first-order chi connectivity index (χ1) is 9.15. The molecule has 1 amide bonds. The first-order valence-electron chi connectivity index (χ1n) is 6.77. The molecule has 1 aromatic rings. The molecule has 1 aromatic carbocycles. The molecular formula is C15H19BrClNO. The molecule has 0 aliphatic heterocycles. The lowest BCUT2D eigenvalue weighted by atomic mass is 9.90. The van der Waals surface area contributed by atoms with Crippen LogP contribution in [0.5, 0.6) is 0 Å². The minimum Gasteiger partial charge on any atom is -0.336 e. The van der Waals surface area contributed by atoms with Crippen LogP contribution in [-0.4, -0.2) is 29.3 Å². The van der Waals surface area contributed by atoms with Crippen LogP contribution in [0.25, 0.3) is 0 Å². The quantitative estimate of drug-likeness (QED) is 0.726. The maximum Gasteiger partial charge on any atom is 0.255 e. The summed E-state index contributed by atoms with van der Waals surface area (Å²) in [5.74, 6) is 0.733. The summed E-state index contributed by atoms with van der Waals surface area (Å²) >= 11 is 9.30. The van der Waals surface area contributed by atoms with Gasteiger partial charge in [-0.05, 0) is 60.2 Å². The lowest BCUT2D eigenvalue weighted by Gasteiger charge is -2.38. The van der Waals surface area contributed by atoms with Crippen molar-refractivity contribution < 1.29 is 4.79 Å². The van der Waals surface area contributed by atoms with Gasteiger partial charge in [-0.1, -0.05) is 12.1 Å². The molecule has 0 bridgehead atoms. The molecule has 1 fully saturated rings. The molecule has 0 atom stereocenters. The highest BCUT2D eigenvalue weighted by Gasteiger charge is 2.29. The van der Waals surface area contributed by atoms with Crippen molar-refractivity contribution in [1.29, 1.82) is 0 Å². The van der Waals surface area contributed by atoms with Crippen molar-refractivity contribution in [1.82, 2.24) is 4.90 Å². The van der Waals surface area contributed by atoms with Gasteiger partial charge >= 0.3 is 0 Å². The first-order valence-corrected chi connectivity index (χ1v) is 8.10. The Morgan fingerprint density at radius 1 is 1.47 bits per heavy atom. The molecule has 19 heavy (non-hydrogen) atoms. The average molecular weight is 345 g/mol. The predicted molar refractivity (Wildman–Crippen MR) is 82.9 cm³/mol. The molecule has 0 saturated heterocycles. The summed E-state index contributed by atoms with van der Waals surface area (Å²) < 4.78 is 0.912. The van der Waals surface area contributed by atoms with Gasteiger partial charge in [-0.2, -0.15) is 0 Å². The number of benzene rings is 1. The van der Waals surface area contributed by atoms with Gasteiger partial charge in [-0.15, -0.1) is 11.6 Å². The van der Waals surface area contributed by atoms with Crippen molar-refractivity contribution in [3.63, 3.8) is 0 Å². The molecule has 104 valence electrons. The Kier molecular flexibility index (Phi) is 5.28. The van der Waals surface area contributed by atoms with Gasteiger partial charge in [0, 0.05) is 22.9 Å². The van der Waals surface area contributed by atoms with Crippen LogP contribution in [0, 0.1) is 6.92 Å². The minimum atomic E-state index is 0.130. The number of halogens is 2. The molecule has 0 radical (unpaired) electrons. The van der Waals surface area contributed by atoms with Crippen LogP contribution in [0.2, 0.25) is 0 Å². The van der Waals surface area contributed by atoms with Crippen molar-refractivity contribution in [2.75, 3.05) is 12.4 Å². The molecule has 2 rings (SSSR count). The third kappa shape index (κ3) is 3.32. The summed E-state index contributed by atoms with van der Waals surface area (Å²) in [5, 5.41) is 0. The van der Waals surface area contributed by atoms with Gasteiger partial charge in [0.1, 0.15) is 0 Å². The molecule has 1 aliphatic carbocycles. The van der Waals surface area contributed by atoms with Crippen LogP contribution < -0.4 is 0 Å². The van der Waals surface area contributed by atoms with E-state index in [2.05, 4.69) is 15.9 Å². The van der Waals surface area contributed by atoms with E-state index < -0.39 is 0 Å². The van der Waals surface area contributed by atoms with Gasteiger partial charge in [0.2, 0.25) is 0 Å². The number of carbonyl (C=O) groups is 1. The van der Waals surface area contributed by atoms with Crippen LogP contribution in [0.4, 0.5) is 0 Å². The highest BCUT2D eigenvalue weighted by molar-refractivity contribution is 9.10. The number of aryl methyl sites for hydroxylation is 1. The number of rotatable bonds is 5. The normalized spacial score (nSPS) is 15.1. The van der Waals surface area contributed by atoms with E-state index >= 15 is 0 Å². The van der Waals surface area contributed by atoms with Crippen molar-refractivity contribution in [2.24, 2.45) is 0 Å². The number of hydrogen-bond donors (Lipinski definition) is 0. The maximum atomic E-state index is 12.7. The molecule has 1 saturated carbocycles. The third-order valence-corrected chi connectivity index (χ3v) is 5.05. The Bertz CT molecular complexity index is 459. The van der Waals surface area contributed by atoms with Crippen LogP contribution in [0.1, 0.15) is 41.6 Å². The van der Waals surface area contributed by atoms with E-state index in [1.54, 1.807) is 0 Å². The molecule has 0 aromatic heterocycles. The fourth-order valence-electron chi connectivity index (χ4n) is 2.35. The Balaban J connectivity index is 2.20. The molecule has 4 heteroatoms. The second-order valence-corrected chi connectivity index (χ2v) is 6.23. The van der Waals surface area contributed by atoms with Gasteiger partial charge in [0.05, 0.1) is 5.56 Å². The lowest BCUT2D eigenvalue weighted by Crippen LogP contribution is -2.45. The fraction of sp³-hybridized carbons (Fsp3) is 0.533. The van der Waals surface area contributed by atoms with E-state index in [0.717, 1.165) is 41.4 Å². The minimum absolute atomic E-state index is 0.130. The van der Waals surface area contributed by atoms with Crippen molar-refractivity contribution >= 4 is 33.4 Å². The highest BCUT2D eigenvalue weighted by Crippen LogP contribution is 2.29. The zero-order chi connectivity index (χ0) is 13.8. The molecule has 0 heterocycles. The van der Waals surface area contributed by atoms with E-state index in [9.17, 15) is 4.79 Å². The SMILES string of the molecule is Cc1cccc(C(=O)N(CCCCl)C2CCC2)c1Br. The van der Waals surface area contributed by atoms with Crippen molar-refractivity contribution in [2.45, 2.75) is 38.6 Å². The van der Waals surface area contributed by atoms with E-state index in [4.69, 9.17) is 11.6 Å². The smallest absolute Gasteiger partial charge is 0.255 e. The van der Waals surface area contributed by atoms with E-state index in [-0.39, 0.29) is 5.91 Å².